The first-order chi connectivity index (χ1) is 9.97. The summed E-state index contributed by atoms with van der Waals surface area (Å²) < 4.78 is 2.88. The second kappa shape index (κ2) is 4.46. The van der Waals surface area contributed by atoms with Crippen LogP contribution in [0.3, 0.4) is 0 Å². The molecule has 6 heterocycles. The standard InChI is InChI=1S/C18H35N3/c1-4-20-11-5-18(6-12-20,7-13-20)17(2,3)21-14-8-19(9-15-21)10-16-21/h4-16H2,1-3H3/q+2. The molecule has 3 nitrogen and oxygen atoms in total. The van der Waals surface area contributed by atoms with Gasteiger partial charge in [0.15, 0.2) is 0 Å². The van der Waals surface area contributed by atoms with Crippen LogP contribution in [-0.2, 0) is 0 Å². The first kappa shape index (κ1) is 14.5. The molecule has 0 radical (unpaired) electrons. The minimum absolute atomic E-state index is 0.490. The Bertz CT molecular complexity index is 382. The minimum atomic E-state index is 0.490. The van der Waals surface area contributed by atoms with Crippen molar-refractivity contribution in [1.29, 1.82) is 0 Å². The van der Waals surface area contributed by atoms with E-state index in [0.29, 0.717) is 11.0 Å². The highest BCUT2D eigenvalue weighted by Crippen LogP contribution is 2.55. The molecule has 4 bridgehead atoms. The van der Waals surface area contributed by atoms with Crippen molar-refractivity contribution in [2.24, 2.45) is 5.41 Å². The van der Waals surface area contributed by atoms with E-state index in [-0.39, 0.29) is 0 Å². The van der Waals surface area contributed by atoms with Crippen LogP contribution in [0.5, 0.6) is 0 Å². The van der Waals surface area contributed by atoms with Crippen molar-refractivity contribution in [1.82, 2.24) is 4.90 Å². The van der Waals surface area contributed by atoms with Gasteiger partial charge in [-0.1, -0.05) is 0 Å². The maximum Gasteiger partial charge on any atom is 0.1000 e. The quantitative estimate of drug-likeness (QED) is 0.719. The van der Waals surface area contributed by atoms with E-state index in [1.165, 1.54) is 93.7 Å². The Morgan fingerprint density at radius 1 is 0.857 bits per heavy atom. The molecule has 0 saturated carbocycles. The van der Waals surface area contributed by atoms with Gasteiger partial charge in [-0.15, -0.1) is 0 Å². The summed E-state index contributed by atoms with van der Waals surface area (Å²) >= 11 is 0. The zero-order valence-corrected chi connectivity index (χ0v) is 14.5. The average molecular weight is 293 g/mol. The van der Waals surface area contributed by atoms with E-state index in [0.717, 1.165) is 0 Å². The zero-order valence-electron chi connectivity index (χ0n) is 14.5. The Morgan fingerprint density at radius 3 is 1.76 bits per heavy atom. The van der Waals surface area contributed by atoms with Gasteiger partial charge >= 0.3 is 0 Å². The molecule has 6 rings (SSSR count). The van der Waals surface area contributed by atoms with Crippen LogP contribution in [-0.4, -0.2) is 84.9 Å². The molecule has 21 heavy (non-hydrogen) atoms. The number of hydrogen-bond donors (Lipinski definition) is 0. The highest BCUT2D eigenvalue weighted by molar-refractivity contribution is 5.00. The summed E-state index contributed by atoms with van der Waals surface area (Å²) in [4.78, 5) is 2.69. The molecule has 0 atom stereocenters. The lowest BCUT2D eigenvalue weighted by Gasteiger charge is -2.67. The molecule has 120 valence electrons. The molecule has 0 aromatic heterocycles. The molecule has 6 aliphatic rings. The third-order valence-electron chi connectivity index (χ3n) is 8.88. The van der Waals surface area contributed by atoms with Crippen LogP contribution in [0, 0.1) is 5.41 Å². The molecule has 0 unspecified atom stereocenters. The molecule has 0 aromatic rings. The molecule has 0 aliphatic carbocycles. The molecule has 3 heteroatoms. The molecule has 0 N–H and O–H groups in total. The van der Waals surface area contributed by atoms with E-state index in [2.05, 4.69) is 25.7 Å². The molecule has 6 fully saturated rings. The number of piperazine rings is 3. The predicted molar refractivity (Wildman–Crippen MR) is 87.1 cm³/mol. The van der Waals surface area contributed by atoms with Gasteiger partial charge in [-0.2, -0.15) is 0 Å². The van der Waals surface area contributed by atoms with E-state index < -0.39 is 0 Å². The molecule has 6 saturated heterocycles. The number of piperidine rings is 3. The van der Waals surface area contributed by atoms with Crippen molar-refractivity contribution in [3.05, 3.63) is 0 Å². The molecule has 0 aromatic carbocycles. The minimum Gasteiger partial charge on any atom is -0.324 e. The first-order valence-electron chi connectivity index (χ1n) is 9.40. The first-order valence-corrected chi connectivity index (χ1v) is 9.40. The maximum absolute atomic E-state index is 2.69. The second-order valence-corrected chi connectivity index (χ2v) is 9.08. The summed E-state index contributed by atoms with van der Waals surface area (Å²) in [7, 11) is 0. The van der Waals surface area contributed by atoms with E-state index in [4.69, 9.17) is 0 Å². The van der Waals surface area contributed by atoms with Crippen LogP contribution >= 0.6 is 0 Å². The Hall–Kier alpha value is -0.120. The summed E-state index contributed by atoms with van der Waals surface area (Å²) in [6.45, 7) is 21.8. The lowest BCUT2D eigenvalue weighted by Crippen LogP contribution is -2.80. The fourth-order valence-corrected chi connectivity index (χ4v) is 6.47. The number of quaternary nitrogens is 2. The van der Waals surface area contributed by atoms with Crippen LogP contribution in [0.2, 0.25) is 0 Å². The summed E-state index contributed by atoms with van der Waals surface area (Å²) in [5.74, 6) is 0. The van der Waals surface area contributed by atoms with Gasteiger partial charge in [0.05, 0.1) is 51.4 Å². The zero-order chi connectivity index (χ0) is 14.8. The molecule has 6 aliphatic heterocycles. The normalized spacial score (nSPS) is 49.6. The third-order valence-corrected chi connectivity index (χ3v) is 8.88. The van der Waals surface area contributed by atoms with Gasteiger partial charge in [-0.25, -0.2) is 0 Å². The Morgan fingerprint density at radius 2 is 1.33 bits per heavy atom. The molecule has 0 amide bonds. The van der Waals surface area contributed by atoms with E-state index in [1.54, 1.807) is 0 Å². The SMILES string of the molecule is CC[N+]12CCC(C(C)(C)[N+]34CCN(CC3)CC4)(CC1)CC2. The van der Waals surface area contributed by atoms with Gasteiger partial charge in [-0.3, -0.25) is 4.90 Å². The predicted octanol–water partition coefficient (Wildman–Crippen LogP) is 1.93. The van der Waals surface area contributed by atoms with Gasteiger partial charge in [0, 0.05) is 44.3 Å². The Balaban J connectivity index is 1.63. The molecular formula is C18H35N3+2. The van der Waals surface area contributed by atoms with Crippen LogP contribution in [0.25, 0.3) is 0 Å². The van der Waals surface area contributed by atoms with Crippen LogP contribution in [0.4, 0.5) is 0 Å². The summed E-state index contributed by atoms with van der Waals surface area (Å²) in [5, 5.41) is 0. The van der Waals surface area contributed by atoms with E-state index in [1.807, 2.05) is 0 Å². The highest BCUT2D eigenvalue weighted by atomic mass is 15.5. The largest absolute Gasteiger partial charge is 0.324 e. The third kappa shape index (κ3) is 1.77. The Labute approximate surface area is 131 Å². The van der Waals surface area contributed by atoms with Gasteiger partial charge in [0.2, 0.25) is 0 Å². The molecular weight excluding hydrogens is 258 g/mol. The fraction of sp³-hybridized carbons (Fsp3) is 1.00. The topological polar surface area (TPSA) is 3.24 Å². The smallest absolute Gasteiger partial charge is 0.1000 e. The maximum atomic E-state index is 2.69. The van der Waals surface area contributed by atoms with Gasteiger partial charge < -0.3 is 8.97 Å². The van der Waals surface area contributed by atoms with E-state index in [9.17, 15) is 0 Å². The van der Waals surface area contributed by atoms with Gasteiger partial charge in [0.1, 0.15) is 0 Å². The van der Waals surface area contributed by atoms with Crippen molar-refractivity contribution >= 4 is 0 Å². The second-order valence-electron chi connectivity index (χ2n) is 9.08. The monoisotopic (exact) mass is 293 g/mol. The van der Waals surface area contributed by atoms with Crippen molar-refractivity contribution in [2.45, 2.75) is 45.6 Å². The number of hydrogen-bond acceptors (Lipinski definition) is 1. The van der Waals surface area contributed by atoms with Crippen molar-refractivity contribution in [3.8, 4) is 0 Å². The molecule has 0 spiro atoms. The summed E-state index contributed by atoms with van der Waals surface area (Å²) in [6, 6.07) is 0. The van der Waals surface area contributed by atoms with Crippen LogP contribution in [0.1, 0.15) is 40.0 Å². The number of nitrogens with zero attached hydrogens (tertiary/aromatic N) is 3. The summed E-state index contributed by atoms with van der Waals surface area (Å²) in [5.41, 5.74) is 1.13. The fourth-order valence-electron chi connectivity index (χ4n) is 6.47. The van der Waals surface area contributed by atoms with Gasteiger partial charge in [0.25, 0.3) is 0 Å². The van der Waals surface area contributed by atoms with Crippen molar-refractivity contribution in [2.75, 3.05) is 65.4 Å². The number of rotatable bonds is 3. The van der Waals surface area contributed by atoms with Crippen LogP contribution in [0.15, 0.2) is 0 Å². The Kier molecular flexibility index (Phi) is 3.07. The average Bonchev–Trinajstić information content (AvgIpc) is 2.58. The van der Waals surface area contributed by atoms with E-state index >= 15 is 0 Å². The number of fused-ring (bicyclic) bond motifs is 6. The lowest BCUT2D eigenvalue weighted by molar-refractivity contribution is -1.00. The summed E-state index contributed by atoms with van der Waals surface area (Å²) in [6.07, 6.45) is 4.49. The van der Waals surface area contributed by atoms with Crippen molar-refractivity contribution in [3.63, 3.8) is 0 Å². The lowest BCUT2D eigenvalue weighted by atomic mass is 9.58. The van der Waals surface area contributed by atoms with Gasteiger partial charge in [-0.05, 0) is 20.8 Å². The highest BCUT2D eigenvalue weighted by Gasteiger charge is 2.64. The van der Waals surface area contributed by atoms with Crippen LogP contribution < -0.4 is 0 Å². The van der Waals surface area contributed by atoms with Crippen molar-refractivity contribution < 1.29 is 8.97 Å².